The molecule has 0 aromatic carbocycles. The van der Waals surface area contributed by atoms with Gasteiger partial charge >= 0.3 is 0 Å². The van der Waals surface area contributed by atoms with Crippen LogP contribution in [-0.4, -0.2) is 9.55 Å². The quantitative estimate of drug-likeness (QED) is 0.701. The summed E-state index contributed by atoms with van der Waals surface area (Å²) in [6, 6.07) is 1.18. The van der Waals surface area contributed by atoms with Crippen molar-refractivity contribution in [3.63, 3.8) is 0 Å². The minimum atomic E-state index is 0.848. The molecule has 2 rings (SSSR count). The van der Waals surface area contributed by atoms with Crippen molar-refractivity contribution in [2.75, 3.05) is 0 Å². The summed E-state index contributed by atoms with van der Waals surface area (Å²) in [5, 5.41) is 3.16. The molecule has 0 bridgehead atoms. The number of imidazole rings is 1. The second-order valence-electron chi connectivity index (χ2n) is 2.62. The predicted octanol–water partition coefficient (Wildman–Crippen LogP) is 1.09. The Bertz CT molecular complexity index is 285. The Morgan fingerprint density at radius 2 is 2.42 bits per heavy atom. The molecular formula is C9H10N3. The van der Waals surface area contributed by atoms with Gasteiger partial charge in [0.25, 0.3) is 0 Å². The summed E-state index contributed by atoms with van der Waals surface area (Å²) in [6.45, 7) is 0.848. The lowest BCUT2D eigenvalue weighted by molar-refractivity contribution is 0.677. The first-order valence-electron chi connectivity index (χ1n) is 3.86. The molecule has 0 aliphatic carbocycles. The lowest BCUT2D eigenvalue weighted by atomic mass is 10.2. The minimum Gasteiger partial charge on any atom is -0.378 e. The van der Waals surface area contributed by atoms with Crippen molar-refractivity contribution >= 4 is 0 Å². The molecule has 3 heteroatoms. The molecule has 2 heterocycles. The van der Waals surface area contributed by atoms with Gasteiger partial charge in [-0.1, -0.05) is 12.2 Å². The molecule has 1 N–H and O–H groups in total. The molecular weight excluding hydrogens is 150 g/mol. The fourth-order valence-corrected chi connectivity index (χ4v) is 1.11. The first-order valence-corrected chi connectivity index (χ1v) is 3.86. The Morgan fingerprint density at radius 1 is 1.42 bits per heavy atom. The Kier molecular flexibility index (Phi) is 1.94. The maximum atomic E-state index is 3.97. The van der Waals surface area contributed by atoms with Crippen LogP contribution in [0.1, 0.15) is 0 Å². The third-order valence-electron chi connectivity index (χ3n) is 1.69. The summed E-state index contributed by atoms with van der Waals surface area (Å²) in [4.78, 5) is 3.97. The molecule has 0 saturated carbocycles. The largest absolute Gasteiger partial charge is 0.378 e. The molecule has 1 aliphatic rings. The second-order valence-corrected chi connectivity index (χ2v) is 2.62. The zero-order valence-electron chi connectivity index (χ0n) is 6.64. The van der Waals surface area contributed by atoms with Crippen molar-refractivity contribution in [2.45, 2.75) is 6.54 Å². The molecule has 0 unspecified atom stereocenters. The van der Waals surface area contributed by atoms with Crippen LogP contribution < -0.4 is 5.32 Å². The monoisotopic (exact) mass is 160 g/mol. The third kappa shape index (κ3) is 1.56. The fraction of sp³-hybridized carbons (Fsp3) is 0.111. The van der Waals surface area contributed by atoms with Gasteiger partial charge in [0.2, 0.25) is 0 Å². The van der Waals surface area contributed by atoms with E-state index in [1.54, 1.807) is 12.5 Å². The van der Waals surface area contributed by atoms with E-state index in [2.05, 4.69) is 16.4 Å². The predicted molar refractivity (Wildman–Crippen MR) is 46.9 cm³/mol. The average molecular weight is 160 g/mol. The van der Waals surface area contributed by atoms with E-state index in [-0.39, 0.29) is 0 Å². The maximum absolute atomic E-state index is 3.97. The highest BCUT2D eigenvalue weighted by atomic mass is 15.1. The lowest BCUT2D eigenvalue weighted by Crippen LogP contribution is -2.19. The second kappa shape index (κ2) is 3.26. The standard InChI is InChI=1S/C9H10N3/c1-2-4-11-9(3-1)7-12-6-5-10-8-12/h1-6,8,11H,7H2. The molecule has 61 valence electrons. The van der Waals surface area contributed by atoms with E-state index in [1.807, 2.05) is 29.1 Å². The molecule has 1 aliphatic heterocycles. The molecule has 0 atom stereocenters. The van der Waals surface area contributed by atoms with Gasteiger partial charge in [-0.15, -0.1) is 0 Å². The van der Waals surface area contributed by atoms with E-state index >= 15 is 0 Å². The van der Waals surface area contributed by atoms with E-state index in [4.69, 9.17) is 0 Å². The Balaban J connectivity index is 1.96. The number of nitrogens with zero attached hydrogens (tertiary/aromatic N) is 2. The highest BCUT2D eigenvalue weighted by Gasteiger charge is 2.04. The minimum absolute atomic E-state index is 0.848. The van der Waals surface area contributed by atoms with Gasteiger partial charge in [0.1, 0.15) is 6.04 Å². The molecule has 1 aromatic heterocycles. The van der Waals surface area contributed by atoms with Crippen LogP contribution in [0.5, 0.6) is 0 Å². The summed E-state index contributed by atoms with van der Waals surface area (Å²) < 4.78 is 2.02. The van der Waals surface area contributed by atoms with E-state index in [9.17, 15) is 0 Å². The maximum Gasteiger partial charge on any atom is 0.102 e. The van der Waals surface area contributed by atoms with Crippen molar-refractivity contribution < 1.29 is 0 Å². The SMILES string of the molecule is C1=CN[C](Cn2ccnc2)C=C1. The van der Waals surface area contributed by atoms with Crippen LogP contribution in [0.15, 0.2) is 43.1 Å². The Hall–Kier alpha value is -1.51. The topological polar surface area (TPSA) is 29.9 Å². The molecule has 0 fully saturated rings. The summed E-state index contributed by atoms with van der Waals surface area (Å²) in [5.74, 6) is 0. The summed E-state index contributed by atoms with van der Waals surface area (Å²) in [6.07, 6.45) is 13.5. The lowest BCUT2D eigenvalue weighted by Gasteiger charge is -2.14. The van der Waals surface area contributed by atoms with Crippen LogP contribution in [0, 0.1) is 6.04 Å². The fourth-order valence-electron chi connectivity index (χ4n) is 1.11. The van der Waals surface area contributed by atoms with Gasteiger partial charge in [-0.2, -0.15) is 0 Å². The first kappa shape index (κ1) is 7.16. The van der Waals surface area contributed by atoms with Crippen molar-refractivity contribution in [1.29, 1.82) is 0 Å². The van der Waals surface area contributed by atoms with Gasteiger partial charge in [-0.05, 0) is 12.3 Å². The van der Waals surface area contributed by atoms with Crippen LogP contribution in [-0.2, 0) is 6.54 Å². The zero-order chi connectivity index (χ0) is 8.23. The van der Waals surface area contributed by atoms with Gasteiger partial charge in [-0.3, -0.25) is 0 Å². The number of aromatic nitrogens is 2. The smallest absolute Gasteiger partial charge is 0.102 e. The molecule has 0 spiro atoms. The summed E-state index contributed by atoms with van der Waals surface area (Å²) in [7, 11) is 0. The normalized spacial score (nSPS) is 16.3. The highest BCUT2D eigenvalue weighted by molar-refractivity contribution is 5.20. The van der Waals surface area contributed by atoms with Crippen LogP contribution >= 0.6 is 0 Å². The summed E-state index contributed by atoms with van der Waals surface area (Å²) in [5.41, 5.74) is 0. The van der Waals surface area contributed by atoms with Crippen molar-refractivity contribution in [3.8, 4) is 0 Å². The summed E-state index contributed by atoms with van der Waals surface area (Å²) >= 11 is 0. The number of nitrogens with one attached hydrogen (secondary N) is 1. The van der Waals surface area contributed by atoms with E-state index < -0.39 is 0 Å². The Labute approximate surface area is 71.4 Å². The number of allylic oxidation sites excluding steroid dienone is 2. The van der Waals surface area contributed by atoms with Gasteiger partial charge in [0, 0.05) is 12.4 Å². The van der Waals surface area contributed by atoms with Gasteiger partial charge in [0.05, 0.1) is 12.9 Å². The molecule has 1 radical (unpaired) electrons. The van der Waals surface area contributed by atoms with E-state index in [1.165, 1.54) is 6.04 Å². The molecule has 1 aromatic rings. The molecule has 0 amide bonds. The molecule has 0 saturated heterocycles. The van der Waals surface area contributed by atoms with Crippen LogP contribution in [0.25, 0.3) is 0 Å². The third-order valence-corrected chi connectivity index (χ3v) is 1.69. The van der Waals surface area contributed by atoms with E-state index in [0.717, 1.165) is 6.54 Å². The first-order chi connectivity index (χ1) is 5.95. The highest BCUT2D eigenvalue weighted by Crippen LogP contribution is 2.05. The zero-order valence-corrected chi connectivity index (χ0v) is 6.64. The Morgan fingerprint density at radius 3 is 3.08 bits per heavy atom. The number of hydrogen-bond acceptors (Lipinski definition) is 2. The molecule has 12 heavy (non-hydrogen) atoms. The van der Waals surface area contributed by atoms with Gasteiger partial charge in [-0.25, -0.2) is 4.98 Å². The van der Waals surface area contributed by atoms with Crippen molar-refractivity contribution in [2.24, 2.45) is 0 Å². The van der Waals surface area contributed by atoms with Crippen LogP contribution in [0.2, 0.25) is 0 Å². The van der Waals surface area contributed by atoms with Crippen LogP contribution in [0.4, 0.5) is 0 Å². The number of hydrogen-bond donors (Lipinski definition) is 1. The van der Waals surface area contributed by atoms with E-state index in [0.29, 0.717) is 0 Å². The van der Waals surface area contributed by atoms with Gasteiger partial charge in [0.15, 0.2) is 0 Å². The number of rotatable bonds is 2. The van der Waals surface area contributed by atoms with Crippen LogP contribution in [0.3, 0.4) is 0 Å². The number of dihydropyridines is 1. The average Bonchev–Trinajstić information content (AvgIpc) is 2.59. The van der Waals surface area contributed by atoms with Crippen molar-refractivity contribution in [3.05, 3.63) is 49.2 Å². The van der Waals surface area contributed by atoms with Gasteiger partial charge < -0.3 is 9.88 Å². The molecule has 3 nitrogen and oxygen atoms in total. The van der Waals surface area contributed by atoms with Crippen molar-refractivity contribution in [1.82, 2.24) is 14.9 Å².